The monoisotopic (exact) mass is 1720 g/mol. The van der Waals surface area contributed by atoms with Gasteiger partial charge in [-0.3, -0.25) is 9.97 Å². The van der Waals surface area contributed by atoms with Crippen molar-refractivity contribution in [2.24, 2.45) is 0 Å². The van der Waals surface area contributed by atoms with Crippen LogP contribution in [-0.4, -0.2) is 43.6 Å². The summed E-state index contributed by atoms with van der Waals surface area (Å²) in [5, 5.41) is 21.3. The predicted molar refractivity (Wildman–Crippen MR) is 565 cm³/mol. The van der Waals surface area contributed by atoms with Crippen LogP contribution in [0.1, 0.15) is 0 Å². The van der Waals surface area contributed by atoms with E-state index in [-0.39, 0.29) is 0 Å². The van der Waals surface area contributed by atoms with Crippen molar-refractivity contribution >= 4 is 163 Å². The minimum Gasteiger partial charge on any atom is -0.309 e. The summed E-state index contributed by atoms with van der Waals surface area (Å²) in [5.74, 6) is 0. The highest BCUT2D eigenvalue weighted by molar-refractivity contribution is 6.27. The van der Waals surface area contributed by atoms with Gasteiger partial charge < -0.3 is 13.7 Å². The van der Waals surface area contributed by atoms with Gasteiger partial charge in [0.15, 0.2) is 0 Å². The summed E-state index contributed by atoms with van der Waals surface area (Å²) in [6.45, 7) is 0. The fourth-order valence-electron chi connectivity index (χ4n) is 20.8. The summed E-state index contributed by atoms with van der Waals surface area (Å²) in [6.07, 6.45) is 3.79. The standard InChI is InChI=1S/C46H29N3.2C40H25N3/c1-3-14-30(15-4-1)43-44(31-16-5-2-6-17-31)48-46-39-27-26-33(29-40(39)35-20-7-8-23-38(35)45(46)47-43)32-18-13-19-34(28-32)49-41-24-11-9-21-36(41)37-22-10-12-25-42(37)49;1-2-11-26(12-3-1)36-25-41-39-34-22-21-28(24-35(34)30-15-4-5-18-33(30)40(39)42-36)27-13-10-14-29(23-27)43-37-19-8-6-16-31(37)32-17-7-9-20-38(32)43;1-2-11-26(12-3-1)36-25-41-39-33-18-5-4-15-30(33)35-24-28(21-22-34(35)40(39)42-36)27-13-10-14-29(23-27)43-37-19-8-6-16-31(37)32-17-7-9-20-38(32)43/h1-29H;2*1-25H. The van der Waals surface area contributed by atoms with E-state index >= 15 is 0 Å². The molecule has 9 nitrogen and oxygen atoms in total. The van der Waals surface area contributed by atoms with Crippen LogP contribution in [-0.2, 0) is 0 Å². The van der Waals surface area contributed by atoms with E-state index in [0.29, 0.717) is 0 Å². The zero-order valence-corrected chi connectivity index (χ0v) is 73.1. The fraction of sp³-hybridized carbons (Fsp3) is 0. The molecule has 0 amide bonds. The summed E-state index contributed by atoms with van der Waals surface area (Å²) in [6, 6.07) is 166. The van der Waals surface area contributed by atoms with Gasteiger partial charge in [0.05, 0.1) is 101 Å². The van der Waals surface area contributed by atoms with Gasteiger partial charge in [0.25, 0.3) is 0 Å². The number of rotatable bonds is 10. The molecule has 0 radical (unpaired) electrons. The van der Waals surface area contributed by atoms with Crippen LogP contribution in [0, 0.1) is 0 Å². The first kappa shape index (κ1) is 77.9. The third kappa shape index (κ3) is 13.3. The Kier molecular flexibility index (Phi) is 18.7. The van der Waals surface area contributed by atoms with E-state index in [2.05, 4.69) is 432 Å². The van der Waals surface area contributed by atoms with Crippen molar-refractivity contribution in [3.05, 3.63) is 480 Å². The van der Waals surface area contributed by atoms with Crippen LogP contribution in [0.15, 0.2) is 480 Å². The third-order valence-corrected chi connectivity index (χ3v) is 27.0. The molecule has 628 valence electrons. The SMILES string of the molecule is c1ccc(-c2cnc3c4ccc(-c5cccc(-n6c7ccccc7c7ccccc76)c5)cc4c4ccccc4c3n2)cc1.c1ccc(-c2cnc3c4ccccc4c4cc(-c5cccc(-n6c7ccccc7c7ccccc76)c5)ccc4c3n2)cc1.c1ccc(-c2nc3c4ccccc4c4cc(-c5cccc(-n6c7ccccc7c7ccccc76)c5)ccc4c3nc2-c2ccccc2)cc1. The van der Waals surface area contributed by atoms with Gasteiger partial charge >= 0.3 is 0 Å². The van der Waals surface area contributed by atoms with Crippen molar-refractivity contribution in [3.63, 3.8) is 0 Å². The van der Waals surface area contributed by atoms with E-state index in [1.54, 1.807) is 0 Å². The molecule has 0 N–H and O–H groups in total. The smallest absolute Gasteiger partial charge is 0.0979 e. The number of benzene rings is 22. The first-order valence-corrected chi connectivity index (χ1v) is 45.9. The Morgan fingerprint density at radius 2 is 0.348 bits per heavy atom. The van der Waals surface area contributed by atoms with Crippen molar-refractivity contribution in [1.82, 2.24) is 43.6 Å². The molecule has 6 aromatic heterocycles. The van der Waals surface area contributed by atoms with Crippen molar-refractivity contribution < 1.29 is 0 Å². The highest BCUT2D eigenvalue weighted by atomic mass is 15.0. The van der Waals surface area contributed by atoms with Crippen LogP contribution in [0.2, 0.25) is 0 Å². The topological polar surface area (TPSA) is 92.1 Å². The number of fused-ring (bicyclic) bond motifs is 27. The first-order valence-electron chi connectivity index (χ1n) is 45.9. The molecule has 0 unspecified atom stereocenters. The summed E-state index contributed by atoms with van der Waals surface area (Å²) in [4.78, 5) is 31.1. The van der Waals surface area contributed by atoms with Crippen LogP contribution in [0.3, 0.4) is 0 Å². The highest BCUT2D eigenvalue weighted by Crippen LogP contribution is 2.46. The molecule has 0 aliphatic carbocycles. The molecule has 0 bridgehead atoms. The average molecular weight is 1720 g/mol. The second kappa shape index (κ2) is 32.5. The lowest BCUT2D eigenvalue weighted by Crippen LogP contribution is -1.97. The Hall–Kier alpha value is -18.2. The van der Waals surface area contributed by atoms with E-state index < -0.39 is 0 Å². The average Bonchev–Trinajstić information content (AvgIpc) is 1.65. The van der Waals surface area contributed by atoms with Crippen molar-refractivity contribution in [2.75, 3.05) is 0 Å². The van der Waals surface area contributed by atoms with Crippen LogP contribution in [0.5, 0.6) is 0 Å². The number of hydrogen-bond donors (Lipinski definition) is 0. The summed E-state index contributed by atoms with van der Waals surface area (Å²) < 4.78 is 7.12. The second-order valence-electron chi connectivity index (χ2n) is 34.7. The molecule has 0 saturated heterocycles. The largest absolute Gasteiger partial charge is 0.309 e. The lowest BCUT2D eigenvalue weighted by Gasteiger charge is -2.15. The van der Waals surface area contributed by atoms with Gasteiger partial charge in [0, 0.05) is 104 Å². The Balaban J connectivity index is 0.000000106. The molecule has 0 fully saturated rings. The zero-order chi connectivity index (χ0) is 89.0. The third-order valence-electron chi connectivity index (χ3n) is 27.0. The van der Waals surface area contributed by atoms with Gasteiger partial charge in [-0.05, 0) is 157 Å². The van der Waals surface area contributed by atoms with Gasteiger partial charge in [0.1, 0.15) is 0 Å². The molecule has 0 atom stereocenters. The molecule has 0 aliphatic rings. The van der Waals surface area contributed by atoms with Gasteiger partial charge in [-0.15, -0.1) is 0 Å². The number of hydrogen-bond acceptors (Lipinski definition) is 6. The summed E-state index contributed by atoms with van der Waals surface area (Å²) in [7, 11) is 0. The van der Waals surface area contributed by atoms with Gasteiger partial charge in [-0.2, -0.15) is 0 Å². The predicted octanol–water partition coefficient (Wildman–Crippen LogP) is 32.8. The van der Waals surface area contributed by atoms with Crippen molar-refractivity contribution in [2.45, 2.75) is 0 Å². The Morgan fingerprint density at radius 1 is 0.133 bits per heavy atom. The minimum atomic E-state index is 0.882. The normalized spacial score (nSPS) is 11.7. The molecule has 28 aromatic rings. The molecular weight excluding hydrogens is 1640 g/mol. The molecular formula is C126H79N9. The maximum absolute atomic E-state index is 5.44. The number of aromatic nitrogens is 9. The minimum absolute atomic E-state index is 0.882. The van der Waals surface area contributed by atoms with Crippen LogP contribution in [0.4, 0.5) is 0 Å². The van der Waals surface area contributed by atoms with E-state index in [1.807, 2.05) is 60.9 Å². The maximum atomic E-state index is 5.44. The Bertz CT molecular complexity index is 9460. The van der Waals surface area contributed by atoms with Crippen LogP contribution >= 0.6 is 0 Å². The van der Waals surface area contributed by atoms with E-state index in [1.165, 1.54) is 126 Å². The van der Waals surface area contributed by atoms with Gasteiger partial charge in [0.2, 0.25) is 0 Å². The van der Waals surface area contributed by atoms with Gasteiger partial charge in [-0.25, -0.2) is 19.9 Å². The Labute approximate surface area is 776 Å². The highest BCUT2D eigenvalue weighted by Gasteiger charge is 2.24. The molecule has 28 rings (SSSR count). The van der Waals surface area contributed by atoms with Crippen molar-refractivity contribution in [1.29, 1.82) is 0 Å². The zero-order valence-electron chi connectivity index (χ0n) is 73.1. The fourth-order valence-corrected chi connectivity index (χ4v) is 20.8. The number of nitrogens with zero attached hydrogens (tertiary/aromatic N) is 9. The lowest BCUT2D eigenvalue weighted by molar-refractivity contribution is 1.18. The molecule has 6 heterocycles. The first-order chi connectivity index (χ1) is 67.0. The van der Waals surface area contributed by atoms with Crippen LogP contribution in [0.25, 0.3) is 259 Å². The molecule has 0 spiro atoms. The molecule has 0 aliphatic heterocycles. The number of para-hydroxylation sites is 6. The second-order valence-corrected chi connectivity index (χ2v) is 34.7. The van der Waals surface area contributed by atoms with Gasteiger partial charge in [-0.1, -0.05) is 376 Å². The quantitative estimate of drug-likeness (QED) is 0.127. The molecule has 22 aromatic carbocycles. The molecule has 9 heteroatoms. The van der Waals surface area contributed by atoms with E-state index in [0.717, 1.165) is 133 Å². The van der Waals surface area contributed by atoms with E-state index in [4.69, 9.17) is 29.9 Å². The molecule has 135 heavy (non-hydrogen) atoms. The van der Waals surface area contributed by atoms with Crippen molar-refractivity contribution in [3.8, 4) is 95.5 Å². The maximum Gasteiger partial charge on any atom is 0.0979 e. The Morgan fingerprint density at radius 3 is 0.644 bits per heavy atom. The molecule has 0 saturated carbocycles. The lowest BCUT2D eigenvalue weighted by atomic mass is 9.94. The summed E-state index contributed by atoms with van der Waals surface area (Å²) >= 11 is 0. The van der Waals surface area contributed by atoms with E-state index in [9.17, 15) is 0 Å². The summed E-state index contributed by atoms with van der Waals surface area (Å²) in [5.41, 5.74) is 31.1. The van der Waals surface area contributed by atoms with Crippen LogP contribution < -0.4 is 0 Å².